The molecule has 1 unspecified atom stereocenters. The number of fused-ring (bicyclic) bond motifs is 1. The van der Waals surface area contributed by atoms with Crippen LogP contribution in [0.15, 0.2) is 22.0 Å². The highest BCUT2D eigenvalue weighted by atomic mass is 32.2. The van der Waals surface area contributed by atoms with Crippen molar-refractivity contribution in [3.05, 3.63) is 23.6 Å². The highest BCUT2D eigenvalue weighted by molar-refractivity contribution is 7.91. The number of rotatable bonds is 4. The molecule has 1 aliphatic rings. The zero-order chi connectivity index (χ0) is 14.2. The monoisotopic (exact) mass is 314 g/mol. The van der Waals surface area contributed by atoms with E-state index in [1.165, 1.54) is 13.4 Å². The molecule has 0 bridgehead atoms. The highest BCUT2D eigenvalue weighted by Crippen LogP contribution is 2.31. The van der Waals surface area contributed by atoms with Crippen molar-refractivity contribution in [2.75, 3.05) is 7.11 Å². The maximum atomic E-state index is 12.4. The number of hydrogen-bond donors (Lipinski definition) is 1. The molecule has 20 heavy (non-hydrogen) atoms. The summed E-state index contributed by atoms with van der Waals surface area (Å²) in [4.78, 5) is 4.14. The lowest BCUT2D eigenvalue weighted by Crippen LogP contribution is -2.33. The summed E-state index contributed by atoms with van der Waals surface area (Å²) in [6.45, 7) is 0.774. The molecule has 0 saturated carbocycles. The van der Waals surface area contributed by atoms with Crippen molar-refractivity contribution in [3.8, 4) is 5.75 Å². The van der Waals surface area contributed by atoms with Crippen molar-refractivity contribution in [1.29, 1.82) is 0 Å². The number of hydrogen-bond acceptors (Lipinski definition) is 6. The Bertz CT molecular complexity index is 707. The number of thiophene rings is 1. The number of nitrogens with zero attached hydrogens (tertiary/aromatic N) is 3. The zero-order valence-electron chi connectivity index (χ0n) is 10.8. The molecular formula is C11H14N4O3S2. The summed E-state index contributed by atoms with van der Waals surface area (Å²) >= 11 is 1.13. The van der Waals surface area contributed by atoms with Crippen LogP contribution < -0.4 is 9.46 Å². The van der Waals surface area contributed by atoms with E-state index in [1.807, 2.05) is 0 Å². The van der Waals surface area contributed by atoms with E-state index in [9.17, 15) is 8.42 Å². The normalized spacial score (nSPS) is 18.8. The third kappa shape index (κ3) is 2.32. The van der Waals surface area contributed by atoms with Crippen molar-refractivity contribution in [2.24, 2.45) is 0 Å². The lowest BCUT2D eigenvalue weighted by atomic mass is 10.1. The number of sulfonamides is 1. The van der Waals surface area contributed by atoms with E-state index in [-0.39, 0.29) is 10.3 Å². The van der Waals surface area contributed by atoms with Crippen LogP contribution >= 0.6 is 11.3 Å². The molecule has 1 N–H and O–H groups in total. The number of nitrogens with one attached hydrogen (secondary N) is 1. The number of methoxy groups -OCH3 is 1. The van der Waals surface area contributed by atoms with E-state index < -0.39 is 10.0 Å². The van der Waals surface area contributed by atoms with E-state index in [0.29, 0.717) is 18.0 Å². The fraction of sp³-hybridized carbons (Fsp3) is 0.455. The number of aryl methyl sites for hydroxylation is 1. The van der Waals surface area contributed by atoms with Gasteiger partial charge in [-0.15, -0.1) is 11.3 Å². The van der Waals surface area contributed by atoms with Gasteiger partial charge in [0.25, 0.3) is 10.0 Å². The molecule has 0 aliphatic carbocycles. The Morgan fingerprint density at radius 3 is 3.20 bits per heavy atom. The van der Waals surface area contributed by atoms with E-state index in [4.69, 9.17) is 4.74 Å². The molecule has 0 saturated heterocycles. The van der Waals surface area contributed by atoms with Gasteiger partial charge in [0.2, 0.25) is 0 Å². The summed E-state index contributed by atoms with van der Waals surface area (Å²) < 4.78 is 34.6. The van der Waals surface area contributed by atoms with Gasteiger partial charge in [0.1, 0.15) is 17.9 Å². The predicted octanol–water partition coefficient (Wildman–Crippen LogP) is 1.16. The first-order chi connectivity index (χ1) is 9.62. The Morgan fingerprint density at radius 1 is 1.55 bits per heavy atom. The van der Waals surface area contributed by atoms with Crippen LogP contribution in [0.2, 0.25) is 0 Å². The minimum atomic E-state index is -3.62. The van der Waals surface area contributed by atoms with Gasteiger partial charge in [0.15, 0.2) is 4.21 Å². The number of ether oxygens (including phenoxy) is 1. The van der Waals surface area contributed by atoms with Crippen LogP contribution in [0.5, 0.6) is 5.75 Å². The fourth-order valence-corrected chi connectivity index (χ4v) is 4.79. The quantitative estimate of drug-likeness (QED) is 0.915. The Hall–Kier alpha value is -1.45. The summed E-state index contributed by atoms with van der Waals surface area (Å²) in [6.07, 6.45) is 3.03. The van der Waals surface area contributed by atoms with Gasteiger partial charge in [-0.3, -0.25) is 0 Å². The summed E-state index contributed by atoms with van der Waals surface area (Å²) in [7, 11) is -2.16. The van der Waals surface area contributed by atoms with Gasteiger partial charge in [0.05, 0.1) is 13.2 Å². The van der Waals surface area contributed by atoms with Crippen LogP contribution in [0.1, 0.15) is 24.7 Å². The van der Waals surface area contributed by atoms with Gasteiger partial charge in [0, 0.05) is 6.54 Å². The van der Waals surface area contributed by atoms with Crippen molar-refractivity contribution in [3.63, 3.8) is 0 Å². The average Bonchev–Trinajstić information content (AvgIpc) is 3.07. The van der Waals surface area contributed by atoms with Crippen molar-refractivity contribution in [2.45, 2.75) is 29.6 Å². The molecular weight excluding hydrogens is 300 g/mol. The lowest BCUT2D eigenvalue weighted by molar-refractivity contribution is 0.395. The maximum absolute atomic E-state index is 12.4. The van der Waals surface area contributed by atoms with Gasteiger partial charge in [-0.1, -0.05) is 0 Å². The van der Waals surface area contributed by atoms with E-state index in [1.54, 1.807) is 16.1 Å². The molecule has 2 aromatic heterocycles. The zero-order valence-corrected chi connectivity index (χ0v) is 12.4. The highest BCUT2D eigenvalue weighted by Gasteiger charge is 2.30. The van der Waals surface area contributed by atoms with Gasteiger partial charge in [-0.05, 0) is 24.3 Å². The third-order valence-electron chi connectivity index (χ3n) is 3.18. The molecule has 1 aliphatic heterocycles. The second-order valence-electron chi connectivity index (χ2n) is 4.43. The average molecular weight is 314 g/mol. The first kappa shape index (κ1) is 13.5. The standard InChI is InChI=1S/C11H14N4O3S2/c1-18-9-4-6-19-11(9)20(16,17)14-8-3-2-5-15-10(8)12-7-13-15/h4,6-8,14H,2-3,5H2,1H3. The van der Waals surface area contributed by atoms with Crippen molar-refractivity contribution >= 4 is 21.4 Å². The second-order valence-corrected chi connectivity index (χ2v) is 7.26. The maximum Gasteiger partial charge on any atom is 0.254 e. The Balaban J connectivity index is 1.89. The van der Waals surface area contributed by atoms with Gasteiger partial charge in [-0.25, -0.2) is 18.1 Å². The van der Waals surface area contributed by atoms with Crippen LogP contribution in [0.25, 0.3) is 0 Å². The summed E-state index contributed by atoms with van der Waals surface area (Å²) in [6, 6.07) is 1.30. The molecule has 1 atom stereocenters. The molecule has 108 valence electrons. The third-order valence-corrected chi connectivity index (χ3v) is 6.10. The van der Waals surface area contributed by atoms with E-state index >= 15 is 0 Å². The molecule has 0 fully saturated rings. The first-order valence-electron chi connectivity index (χ1n) is 6.13. The molecule has 0 radical (unpaired) electrons. The van der Waals surface area contributed by atoms with Crippen molar-refractivity contribution < 1.29 is 13.2 Å². The molecule has 3 rings (SSSR count). The Labute approximate surface area is 120 Å². The second kappa shape index (κ2) is 5.15. The van der Waals surface area contributed by atoms with Gasteiger partial charge in [-0.2, -0.15) is 9.82 Å². The minimum Gasteiger partial charge on any atom is -0.494 e. The fourth-order valence-electron chi connectivity index (χ4n) is 2.27. The van der Waals surface area contributed by atoms with Crippen molar-refractivity contribution in [1.82, 2.24) is 19.5 Å². The molecule has 0 aromatic carbocycles. The summed E-state index contributed by atoms with van der Waals surface area (Å²) in [5, 5.41) is 5.77. The molecule has 9 heteroatoms. The predicted molar refractivity (Wildman–Crippen MR) is 73.2 cm³/mol. The Kier molecular flexibility index (Phi) is 3.48. The topological polar surface area (TPSA) is 86.1 Å². The van der Waals surface area contributed by atoms with Crippen LogP contribution in [-0.2, 0) is 16.6 Å². The SMILES string of the molecule is COc1ccsc1S(=O)(=O)NC1CCCn2ncnc21. The summed E-state index contributed by atoms with van der Waals surface area (Å²) in [5.74, 6) is 1.02. The summed E-state index contributed by atoms with van der Waals surface area (Å²) in [5.41, 5.74) is 0. The lowest BCUT2D eigenvalue weighted by Gasteiger charge is -2.22. The van der Waals surface area contributed by atoms with Crippen LogP contribution in [0, 0.1) is 0 Å². The number of aromatic nitrogens is 3. The molecule has 0 amide bonds. The van der Waals surface area contributed by atoms with Crippen LogP contribution in [0.3, 0.4) is 0 Å². The van der Waals surface area contributed by atoms with E-state index in [0.717, 1.165) is 24.3 Å². The smallest absolute Gasteiger partial charge is 0.254 e. The molecule has 0 spiro atoms. The molecule has 3 heterocycles. The molecule has 7 nitrogen and oxygen atoms in total. The van der Waals surface area contributed by atoms with E-state index in [2.05, 4.69) is 14.8 Å². The van der Waals surface area contributed by atoms with Gasteiger partial charge >= 0.3 is 0 Å². The largest absolute Gasteiger partial charge is 0.494 e. The Morgan fingerprint density at radius 2 is 2.40 bits per heavy atom. The minimum absolute atomic E-state index is 0.191. The van der Waals surface area contributed by atoms with Crippen LogP contribution in [-0.4, -0.2) is 30.3 Å². The first-order valence-corrected chi connectivity index (χ1v) is 8.49. The molecule has 2 aromatic rings. The van der Waals surface area contributed by atoms with Crippen LogP contribution in [0.4, 0.5) is 0 Å². The van der Waals surface area contributed by atoms with Gasteiger partial charge < -0.3 is 4.74 Å².